The predicted octanol–water partition coefficient (Wildman–Crippen LogP) is 2.38. The van der Waals surface area contributed by atoms with Crippen molar-refractivity contribution in [2.75, 3.05) is 19.6 Å². The van der Waals surface area contributed by atoms with Gasteiger partial charge in [0.05, 0.1) is 0 Å². The lowest BCUT2D eigenvalue weighted by Crippen LogP contribution is -2.61. The fraction of sp³-hybridized carbons (Fsp3) is 1.00. The van der Waals surface area contributed by atoms with Gasteiger partial charge in [-0.1, -0.05) is 32.6 Å². The van der Waals surface area contributed by atoms with Crippen LogP contribution in [0.2, 0.25) is 0 Å². The van der Waals surface area contributed by atoms with E-state index in [1.54, 1.807) is 0 Å². The van der Waals surface area contributed by atoms with Crippen molar-refractivity contribution in [3.63, 3.8) is 0 Å². The van der Waals surface area contributed by atoms with Gasteiger partial charge in [-0.05, 0) is 24.7 Å². The number of nitrogens with two attached hydrogens (primary N) is 1. The van der Waals surface area contributed by atoms with Crippen LogP contribution in [0.25, 0.3) is 0 Å². The van der Waals surface area contributed by atoms with Crippen LogP contribution in [0, 0.1) is 5.41 Å². The molecule has 0 aromatic carbocycles. The summed E-state index contributed by atoms with van der Waals surface area (Å²) in [7, 11) is 0. The second kappa shape index (κ2) is 4.84. The Labute approximate surface area is 94.2 Å². The second-order valence-electron chi connectivity index (χ2n) is 5.64. The van der Waals surface area contributed by atoms with Gasteiger partial charge in [0.1, 0.15) is 0 Å². The molecule has 2 fully saturated rings. The SMILES string of the molecule is CCCC(CN)N1CC2(CCCCC2)C1. The Hall–Kier alpha value is -0.0800. The lowest BCUT2D eigenvalue weighted by molar-refractivity contribution is -0.0546. The van der Waals surface area contributed by atoms with E-state index in [0.29, 0.717) is 6.04 Å². The molecule has 2 aliphatic rings. The number of hydrogen-bond acceptors (Lipinski definition) is 2. The topological polar surface area (TPSA) is 29.3 Å². The van der Waals surface area contributed by atoms with Gasteiger partial charge in [-0.15, -0.1) is 0 Å². The van der Waals surface area contributed by atoms with Crippen molar-refractivity contribution in [1.29, 1.82) is 0 Å². The molecule has 1 unspecified atom stereocenters. The summed E-state index contributed by atoms with van der Waals surface area (Å²) in [6.45, 7) is 5.80. The van der Waals surface area contributed by atoms with Crippen LogP contribution in [-0.4, -0.2) is 30.6 Å². The Bertz CT molecular complexity index is 189. The van der Waals surface area contributed by atoms with Crippen LogP contribution < -0.4 is 5.73 Å². The van der Waals surface area contributed by atoms with Crippen LogP contribution in [0.1, 0.15) is 51.9 Å². The standard InChI is InChI=1S/C13H26N2/c1-2-6-12(9-14)15-10-13(11-15)7-4-3-5-8-13/h12H,2-11,14H2,1H3. The highest BCUT2D eigenvalue weighted by Crippen LogP contribution is 2.44. The van der Waals surface area contributed by atoms with Gasteiger partial charge >= 0.3 is 0 Å². The van der Waals surface area contributed by atoms with Crippen molar-refractivity contribution in [3.05, 3.63) is 0 Å². The Kier molecular flexibility index (Phi) is 3.68. The molecule has 0 aromatic heterocycles. The van der Waals surface area contributed by atoms with Crippen molar-refractivity contribution in [2.45, 2.75) is 57.9 Å². The van der Waals surface area contributed by atoms with Crippen molar-refractivity contribution >= 4 is 0 Å². The molecule has 1 heterocycles. The highest BCUT2D eigenvalue weighted by atomic mass is 15.2. The van der Waals surface area contributed by atoms with Gasteiger partial charge in [0, 0.05) is 25.7 Å². The molecule has 1 atom stereocenters. The molecular weight excluding hydrogens is 184 g/mol. The molecule has 2 heteroatoms. The fourth-order valence-corrected chi connectivity index (χ4v) is 3.47. The van der Waals surface area contributed by atoms with E-state index in [1.807, 2.05) is 0 Å². The smallest absolute Gasteiger partial charge is 0.0218 e. The predicted molar refractivity (Wildman–Crippen MR) is 64.8 cm³/mol. The molecular formula is C13H26N2. The van der Waals surface area contributed by atoms with E-state index >= 15 is 0 Å². The van der Waals surface area contributed by atoms with Gasteiger partial charge in [-0.3, -0.25) is 4.90 Å². The minimum atomic E-state index is 0.669. The molecule has 2 N–H and O–H groups in total. The summed E-state index contributed by atoms with van der Waals surface area (Å²) >= 11 is 0. The first-order chi connectivity index (χ1) is 7.29. The first-order valence-corrected chi connectivity index (χ1v) is 6.74. The highest BCUT2D eigenvalue weighted by molar-refractivity contribution is 4.98. The molecule has 1 saturated carbocycles. The van der Waals surface area contributed by atoms with Crippen molar-refractivity contribution < 1.29 is 0 Å². The molecule has 1 saturated heterocycles. The van der Waals surface area contributed by atoms with Crippen LogP contribution in [0.3, 0.4) is 0 Å². The average Bonchev–Trinajstić information content (AvgIpc) is 2.24. The second-order valence-corrected chi connectivity index (χ2v) is 5.64. The molecule has 2 rings (SSSR count). The zero-order valence-electron chi connectivity index (χ0n) is 10.2. The lowest BCUT2D eigenvalue weighted by atomic mass is 9.68. The summed E-state index contributed by atoms with van der Waals surface area (Å²) in [4.78, 5) is 2.63. The van der Waals surface area contributed by atoms with E-state index < -0.39 is 0 Å². The molecule has 1 spiro atoms. The van der Waals surface area contributed by atoms with Gasteiger partial charge in [0.15, 0.2) is 0 Å². The third kappa shape index (κ3) is 2.36. The van der Waals surface area contributed by atoms with Crippen LogP contribution in [0.4, 0.5) is 0 Å². The fourth-order valence-electron chi connectivity index (χ4n) is 3.47. The molecule has 2 nitrogen and oxygen atoms in total. The van der Waals surface area contributed by atoms with Crippen molar-refractivity contribution in [3.8, 4) is 0 Å². The summed E-state index contributed by atoms with van der Waals surface area (Å²) in [6, 6.07) is 0.669. The summed E-state index contributed by atoms with van der Waals surface area (Å²) in [6.07, 6.45) is 9.92. The molecule has 15 heavy (non-hydrogen) atoms. The molecule has 0 aromatic rings. The van der Waals surface area contributed by atoms with Crippen LogP contribution in [0.5, 0.6) is 0 Å². The van der Waals surface area contributed by atoms with E-state index in [2.05, 4.69) is 11.8 Å². The van der Waals surface area contributed by atoms with E-state index in [0.717, 1.165) is 12.0 Å². The van der Waals surface area contributed by atoms with Gasteiger partial charge in [0.2, 0.25) is 0 Å². The Balaban J connectivity index is 1.80. The van der Waals surface area contributed by atoms with Crippen molar-refractivity contribution in [2.24, 2.45) is 11.1 Å². The normalized spacial score (nSPS) is 27.6. The average molecular weight is 210 g/mol. The van der Waals surface area contributed by atoms with Gasteiger partial charge < -0.3 is 5.73 Å². The largest absolute Gasteiger partial charge is 0.329 e. The van der Waals surface area contributed by atoms with E-state index in [-0.39, 0.29) is 0 Å². The molecule has 0 radical (unpaired) electrons. The van der Waals surface area contributed by atoms with Crippen LogP contribution >= 0.6 is 0 Å². The number of rotatable bonds is 4. The Morgan fingerprint density at radius 1 is 1.20 bits per heavy atom. The third-order valence-corrected chi connectivity index (χ3v) is 4.40. The molecule has 1 aliphatic carbocycles. The minimum absolute atomic E-state index is 0.669. The first kappa shape index (κ1) is 11.4. The summed E-state index contributed by atoms with van der Waals surface area (Å²) in [5.41, 5.74) is 6.57. The number of nitrogens with zero attached hydrogens (tertiary/aromatic N) is 1. The van der Waals surface area contributed by atoms with Crippen LogP contribution in [0.15, 0.2) is 0 Å². The monoisotopic (exact) mass is 210 g/mol. The summed E-state index contributed by atoms with van der Waals surface area (Å²) in [5, 5.41) is 0. The maximum Gasteiger partial charge on any atom is 0.0218 e. The van der Waals surface area contributed by atoms with Gasteiger partial charge in [0.25, 0.3) is 0 Å². The first-order valence-electron chi connectivity index (χ1n) is 6.74. The molecule has 1 aliphatic heterocycles. The van der Waals surface area contributed by atoms with E-state index in [9.17, 15) is 0 Å². The number of likely N-dealkylation sites (tertiary alicyclic amines) is 1. The van der Waals surface area contributed by atoms with E-state index in [4.69, 9.17) is 5.73 Å². The lowest BCUT2D eigenvalue weighted by Gasteiger charge is -2.55. The quantitative estimate of drug-likeness (QED) is 0.772. The molecule has 0 amide bonds. The summed E-state index contributed by atoms with van der Waals surface area (Å²) < 4.78 is 0. The van der Waals surface area contributed by atoms with Gasteiger partial charge in [-0.2, -0.15) is 0 Å². The molecule has 88 valence electrons. The van der Waals surface area contributed by atoms with Crippen LogP contribution in [-0.2, 0) is 0 Å². The Morgan fingerprint density at radius 2 is 1.87 bits per heavy atom. The Morgan fingerprint density at radius 3 is 2.40 bits per heavy atom. The van der Waals surface area contributed by atoms with Crippen molar-refractivity contribution in [1.82, 2.24) is 4.90 Å². The highest BCUT2D eigenvalue weighted by Gasteiger charge is 2.44. The maximum atomic E-state index is 5.85. The van der Waals surface area contributed by atoms with Gasteiger partial charge in [-0.25, -0.2) is 0 Å². The zero-order chi connectivity index (χ0) is 10.7. The number of hydrogen-bond donors (Lipinski definition) is 1. The molecule has 0 bridgehead atoms. The summed E-state index contributed by atoms with van der Waals surface area (Å²) in [5.74, 6) is 0. The zero-order valence-corrected chi connectivity index (χ0v) is 10.2. The minimum Gasteiger partial charge on any atom is -0.329 e. The third-order valence-electron chi connectivity index (χ3n) is 4.40. The maximum absolute atomic E-state index is 5.85. The van der Waals surface area contributed by atoms with E-state index in [1.165, 1.54) is 58.0 Å².